The fourth-order valence-corrected chi connectivity index (χ4v) is 2.30. The fraction of sp³-hybridized carbons (Fsp3) is 0.600. The van der Waals surface area contributed by atoms with Crippen LogP contribution in [-0.4, -0.2) is 76.4 Å². The molecule has 5 atom stereocenters. The van der Waals surface area contributed by atoms with Crippen molar-refractivity contribution in [2.24, 2.45) is 0 Å². The molecule has 3 heterocycles. The second-order valence-corrected chi connectivity index (χ2v) is 4.86. The number of aromatic nitrogens is 5. The third kappa shape index (κ3) is 2.13. The Morgan fingerprint density at radius 3 is 2.55 bits per heavy atom. The van der Waals surface area contributed by atoms with Gasteiger partial charge in [-0.15, -0.1) is 5.10 Å². The highest BCUT2D eigenvalue weighted by Crippen LogP contribution is 2.26. The zero-order valence-corrected chi connectivity index (χ0v) is 10.9. The lowest BCUT2D eigenvalue weighted by Crippen LogP contribution is -2.58. The molecule has 0 aromatic carbocycles. The summed E-state index contributed by atoms with van der Waals surface area (Å²) in [4.78, 5) is 27.9. The Labute approximate surface area is 120 Å². The number of nitrogens with zero attached hydrogens (tertiary/aromatic N) is 3. The second kappa shape index (κ2) is 5.26. The van der Waals surface area contributed by atoms with Crippen molar-refractivity contribution in [3.8, 4) is 0 Å². The van der Waals surface area contributed by atoms with Gasteiger partial charge in [-0.05, 0) is 0 Å². The van der Waals surface area contributed by atoms with E-state index in [9.17, 15) is 24.9 Å². The third-order valence-corrected chi connectivity index (χ3v) is 3.48. The van der Waals surface area contributed by atoms with Crippen molar-refractivity contribution in [3.63, 3.8) is 0 Å². The summed E-state index contributed by atoms with van der Waals surface area (Å²) in [6.07, 6.45) is -7.59. The molecule has 2 aromatic heterocycles. The summed E-state index contributed by atoms with van der Waals surface area (Å²) in [7, 11) is 0. The number of ether oxygens (including phenoxy) is 1. The summed E-state index contributed by atoms with van der Waals surface area (Å²) in [5, 5.41) is 45.6. The third-order valence-electron chi connectivity index (χ3n) is 3.48. The maximum absolute atomic E-state index is 12.2. The van der Waals surface area contributed by atoms with Gasteiger partial charge < -0.3 is 25.2 Å². The van der Waals surface area contributed by atoms with Crippen molar-refractivity contribution in [2.45, 2.75) is 30.6 Å². The molecule has 120 valence electrons. The van der Waals surface area contributed by atoms with Crippen LogP contribution in [0, 0.1) is 0 Å². The van der Waals surface area contributed by atoms with E-state index in [1.807, 2.05) is 0 Å². The topological polar surface area (TPSA) is 187 Å². The number of rotatable bonds is 2. The van der Waals surface area contributed by atoms with Crippen molar-refractivity contribution < 1.29 is 25.2 Å². The summed E-state index contributed by atoms with van der Waals surface area (Å²) >= 11 is 0. The van der Waals surface area contributed by atoms with Crippen LogP contribution in [0.15, 0.2) is 9.59 Å². The number of fused-ring (bicyclic) bond motifs is 1. The molecule has 0 saturated carbocycles. The zero-order valence-electron chi connectivity index (χ0n) is 10.9. The van der Waals surface area contributed by atoms with E-state index in [1.165, 1.54) is 0 Å². The summed E-state index contributed by atoms with van der Waals surface area (Å²) in [5.41, 5.74) is -1.74. The van der Waals surface area contributed by atoms with E-state index in [1.54, 1.807) is 0 Å². The minimum atomic E-state index is -1.69. The highest BCUT2D eigenvalue weighted by Gasteiger charge is 2.45. The van der Waals surface area contributed by atoms with E-state index in [-0.39, 0.29) is 11.2 Å². The van der Waals surface area contributed by atoms with E-state index in [0.29, 0.717) is 4.68 Å². The Morgan fingerprint density at radius 2 is 1.86 bits per heavy atom. The highest BCUT2D eigenvalue weighted by atomic mass is 16.6. The number of aliphatic hydroxyl groups excluding tert-OH is 4. The van der Waals surface area contributed by atoms with Gasteiger partial charge in [0.25, 0.3) is 5.56 Å². The molecule has 22 heavy (non-hydrogen) atoms. The van der Waals surface area contributed by atoms with Crippen molar-refractivity contribution in [2.75, 3.05) is 6.61 Å². The number of aromatic amines is 2. The number of hydrogen-bond acceptors (Lipinski definition) is 9. The Hall–Kier alpha value is -2.12. The number of nitrogens with one attached hydrogen (secondary N) is 2. The van der Waals surface area contributed by atoms with Crippen LogP contribution in [0.2, 0.25) is 0 Å². The Kier molecular flexibility index (Phi) is 3.54. The molecular formula is C10H13N5O7. The van der Waals surface area contributed by atoms with Crippen molar-refractivity contribution in [1.82, 2.24) is 25.0 Å². The van der Waals surface area contributed by atoms with Crippen LogP contribution in [0.1, 0.15) is 6.23 Å². The Morgan fingerprint density at radius 1 is 1.14 bits per heavy atom. The quantitative estimate of drug-likeness (QED) is 0.319. The van der Waals surface area contributed by atoms with Crippen LogP contribution in [-0.2, 0) is 4.74 Å². The monoisotopic (exact) mass is 315 g/mol. The van der Waals surface area contributed by atoms with E-state index >= 15 is 0 Å². The predicted molar refractivity (Wildman–Crippen MR) is 67.8 cm³/mol. The summed E-state index contributed by atoms with van der Waals surface area (Å²) in [6.45, 7) is -0.646. The summed E-state index contributed by atoms with van der Waals surface area (Å²) in [5.74, 6) is 0. The first-order valence-electron chi connectivity index (χ1n) is 6.32. The van der Waals surface area contributed by atoms with E-state index in [0.717, 1.165) is 0 Å². The van der Waals surface area contributed by atoms with Gasteiger partial charge in [-0.25, -0.2) is 4.79 Å². The predicted octanol–water partition coefficient (Wildman–Crippen LogP) is -4.22. The molecule has 2 unspecified atom stereocenters. The average Bonchev–Trinajstić information content (AvgIpc) is 2.88. The fourth-order valence-electron chi connectivity index (χ4n) is 2.30. The number of H-pyrrole nitrogens is 2. The molecule has 1 aliphatic heterocycles. The molecule has 2 aromatic rings. The van der Waals surface area contributed by atoms with Gasteiger partial charge >= 0.3 is 5.69 Å². The molecule has 1 fully saturated rings. The van der Waals surface area contributed by atoms with Crippen molar-refractivity contribution >= 4 is 11.2 Å². The maximum Gasteiger partial charge on any atom is 0.325 e. The van der Waals surface area contributed by atoms with Gasteiger partial charge in [-0.1, -0.05) is 5.21 Å². The lowest BCUT2D eigenvalue weighted by atomic mass is 9.98. The number of aliphatic hydroxyl groups is 4. The lowest BCUT2D eigenvalue weighted by molar-refractivity contribution is -0.255. The first-order valence-corrected chi connectivity index (χ1v) is 6.32. The first kappa shape index (κ1) is 14.8. The van der Waals surface area contributed by atoms with Gasteiger partial charge in [0.2, 0.25) is 0 Å². The van der Waals surface area contributed by atoms with Gasteiger partial charge in [0.15, 0.2) is 17.4 Å². The normalized spacial score (nSPS) is 32.5. The maximum atomic E-state index is 12.2. The summed E-state index contributed by atoms with van der Waals surface area (Å²) < 4.78 is 5.82. The molecule has 0 spiro atoms. The summed E-state index contributed by atoms with van der Waals surface area (Å²) in [6, 6.07) is 0. The van der Waals surface area contributed by atoms with E-state index in [4.69, 9.17) is 9.84 Å². The molecule has 12 heteroatoms. The minimum absolute atomic E-state index is 0.0733. The molecule has 6 N–H and O–H groups in total. The van der Waals surface area contributed by atoms with Crippen LogP contribution in [0.5, 0.6) is 0 Å². The van der Waals surface area contributed by atoms with Gasteiger partial charge in [0.05, 0.1) is 6.61 Å². The number of imidazole rings is 1. The lowest BCUT2D eigenvalue weighted by Gasteiger charge is -2.39. The molecule has 0 aliphatic carbocycles. The molecule has 0 bridgehead atoms. The van der Waals surface area contributed by atoms with Crippen LogP contribution in [0.4, 0.5) is 0 Å². The highest BCUT2D eigenvalue weighted by molar-refractivity contribution is 5.67. The first-order chi connectivity index (χ1) is 10.4. The van der Waals surface area contributed by atoms with Gasteiger partial charge in [0, 0.05) is 0 Å². The largest absolute Gasteiger partial charge is 0.394 e. The average molecular weight is 315 g/mol. The van der Waals surface area contributed by atoms with Crippen LogP contribution in [0.3, 0.4) is 0 Å². The molecule has 12 nitrogen and oxygen atoms in total. The molecule has 0 radical (unpaired) electrons. The van der Waals surface area contributed by atoms with Gasteiger partial charge in [-0.2, -0.15) is 4.68 Å². The number of hydrogen-bond donors (Lipinski definition) is 6. The molecule has 3 rings (SSSR count). The molecular weight excluding hydrogens is 302 g/mol. The van der Waals surface area contributed by atoms with Crippen molar-refractivity contribution in [1.29, 1.82) is 0 Å². The smallest absolute Gasteiger partial charge is 0.325 e. The van der Waals surface area contributed by atoms with Gasteiger partial charge in [0.1, 0.15) is 24.4 Å². The Balaban J connectivity index is 2.08. The Bertz CT molecular complexity index is 795. The minimum Gasteiger partial charge on any atom is -0.394 e. The van der Waals surface area contributed by atoms with E-state index in [2.05, 4.69) is 20.3 Å². The van der Waals surface area contributed by atoms with Crippen LogP contribution >= 0.6 is 0 Å². The molecule has 1 saturated heterocycles. The van der Waals surface area contributed by atoms with E-state index < -0.39 is 48.5 Å². The van der Waals surface area contributed by atoms with Crippen LogP contribution in [0.25, 0.3) is 11.2 Å². The standard InChI is InChI=1S/C10H13N5O7/c16-1-2-4(17)5(18)6(19)9(22-2)15-8(20)3-7(13-14-15)12-10(21)11-3/h2,4-6,9,16-19H,1H2,(H2,11,12,21)/t2?,4?,5-,6+,9+/m0/s1. The van der Waals surface area contributed by atoms with Crippen molar-refractivity contribution in [3.05, 3.63) is 20.8 Å². The molecule has 0 amide bonds. The molecule has 1 aliphatic rings. The second-order valence-electron chi connectivity index (χ2n) is 4.86. The van der Waals surface area contributed by atoms with Gasteiger partial charge in [-0.3, -0.25) is 14.8 Å². The SMILES string of the molecule is O=c1[nH]c2nnn([C@@H]3OC(CO)C(O)[C@H](O)[C@H]3O)c(=O)c2[nH]1. The van der Waals surface area contributed by atoms with Crippen LogP contribution < -0.4 is 11.2 Å². The zero-order chi connectivity index (χ0) is 16.0.